The molecule has 0 radical (unpaired) electrons. The summed E-state index contributed by atoms with van der Waals surface area (Å²) in [5.74, 6) is 1.90. The van der Waals surface area contributed by atoms with Gasteiger partial charge in [-0.1, -0.05) is 24.3 Å². The number of hydrogen-bond donors (Lipinski definition) is 2. The minimum absolute atomic E-state index is 0. The average Bonchev–Trinajstić information content (AvgIpc) is 3.19. The van der Waals surface area contributed by atoms with Gasteiger partial charge in [-0.3, -0.25) is 9.79 Å². The van der Waals surface area contributed by atoms with Crippen LogP contribution in [-0.2, 0) is 17.8 Å². The summed E-state index contributed by atoms with van der Waals surface area (Å²) in [4.78, 5) is 18.0. The fourth-order valence-corrected chi connectivity index (χ4v) is 3.45. The molecule has 1 heterocycles. The second-order valence-electron chi connectivity index (χ2n) is 7.12. The number of carbonyl (C=O) groups is 1. The normalized spacial score (nSPS) is 13.7. The highest BCUT2D eigenvalue weighted by molar-refractivity contribution is 14.0. The highest BCUT2D eigenvalue weighted by Crippen LogP contribution is 2.21. The van der Waals surface area contributed by atoms with Crippen LogP contribution in [-0.4, -0.2) is 39.1 Å². The average molecular weight is 522 g/mol. The molecule has 6 nitrogen and oxygen atoms in total. The summed E-state index contributed by atoms with van der Waals surface area (Å²) >= 11 is 0. The summed E-state index contributed by atoms with van der Waals surface area (Å²) in [6, 6.07) is 16.3. The van der Waals surface area contributed by atoms with Crippen LogP contribution in [0.4, 0.5) is 5.69 Å². The Balaban J connectivity index is 0.00000320. The molecule has 1 amide bonds. The third-order valence-corrected chi connectivity index (χ3v) is 5.07. The van der Waals surface area contributed by atoms with E-state index in [0.29, 0.717) is 13.0 Å². The van der Waals surface area contributed by atoms with Crippen molar-refractivity contribution in [2.24, 2.45) is 4.99 Å². The van der Waals surface area contributed by atoms with Crippen LogP contribution in [0, 0.1) is 0 Å². The molecule has 1 fully saturated rings. The number of halogens is 1. The van der Waals surface area contributed by atoms with Crippen LogP contribution < -0.4 is 20.3 Å². The Morgan fingerprint density at radius 2 is 1.93 bits per heavy atom. The molecule has 0 saturated carbocycles. The van der Waals surface area contributed by atoms with Gasteiger partial charge in [-0.15, -0.1) is 24.0 Å². The number of aryl methyl sites for hydroxylation is 1. The molecular weight excluding hydrogens is 491 g/mol. The van der Waals surface area contributed by atoms with E-state index >= 15 is 0 Å². The summed E-state index contributed by atoms with van der Waals surface area (Å²) in [5.41, 5.74) is 3.40. The molecule has 0 unspecified atom stereocenters. The van der Waals surface area contributed by atoms with Gasteiger partial charge in [0, 0.05) is 38.8 Å². The monoisotopic (exact) mass is 522 g/mol. The van der Waals surface area contributed by atoms with Crippen LogP contribution in [0.3, 0.4) is 0 Å². The second-order valence-corrected chi connectivity index (χ2v) is 7.12. The maximum absolute atomic E-state index is 11.8. The van der Waals surface area contributed by atoms with Gasteiger partial charge in [0.2, 0.25) is 5.91 Å². The first-order valence-electron chi connectivity index (χ1n) is 10.2. The predicted octanol–water partition coefficient (Wildman–Crippen LogP) is 3.74. The quantitative estimate of drug-likeness (QED) is 0.240. The number of rotatable bonds is 8. The van der Waals surface area contributed by atoms with Crippen molar-refractivity contribution < 1.29 is 9.53 Å². The lowest BCUT2D eigenvalue weighted by atomic mass is 10.1. The molecule has 3 rings (SSSR count). The number of carbonyl (C=O) groups excluding carboxylic acids is 1. The van der Waals surface area contributed by atoms with E-state index in [1.54, 1.807) is 14.2 Å². The number of benzene rings is 2. The number of anilines is 1. The largest absolute Gasteiger partial charge is 0.497 e. The van der Waals surface area contributed by atoms with Gasteiger partial charge < -0.3 is 20.3 Å². The maximum Gasteiger partial charge on any atom is 0.227 e. The lowest BCUT2D eigenvalue weighted by molar-refractivity contribution is -0.117. The van der Waals surface area contributed by atoms with E-state index < -0.39 is 0 Å². The van der Waals surface area contributed by atoms with Crippen LogP contribution in [0.1, 0.15) is 30.4 Å². The van der Waals surface area contributed by atoms with Gasteiger partial charge in [0.25, 0.3) is 0 Å². The zero-order valence-electron chi connectivity index (χ0n) is 17.7. The van der Waals surface area contributed by atoms with Gasteiger partial charge in [-0.05, 0) is 54.7 Å². The smallest absolute Gasteiger partial charge is 0.227 e. The van der Waals surface area contributed by atoms with Gasteiger partial charge in [0.05, 0.1) is 7.11 Å². The van der Waals surface area contributed by atoms with Crippen LogP contribution in [0.5, 0.6) is 5.75 Å². The Morgan fingerprint density at radius 1 is 1.13 bits per heavy atom. The van der Waals surface area contributed by atoms with Gasteiger partial charge in [-0.2, -0.15) is 0 Å². The SMILES string of the molecule is CN=C(NCCCc1cccc(OC)c1)NCc1ccc(N2CCCC2=O)cc1.I. The Morgan fingerprint density at radius 3 is 2.60 bits per heavy atom. The Kier molecular flexibility index (Phi) is 9.93. The summed E-state index contributed by atoms with van der Waals surface area (Å²) in [6.45, 7) is 2.35. The summed E-state index contributed by atoms with van der Waals surface area (Å²) < 4.78 is 5.27. The standard InChI is InChI=1S/C23H30N4O2.HI/c1-24-23(25-14-4-7-18-6-3-8-21(16-18)29-2)26-17-19-10-12-20(13-11-19)27-15-5-9-22(27)28;/h3,6,8,10-13,16H,4-5,7,9,14-15,17H2,1-2H3,(H2,24,25,26);1H. The second kappa shape index (κ2) is 12.4. The summed E-state index contributed by atoms with van der Waals surface area (Å²) in [5, 5.41) is 6.69. The van der Waals surface area contributed by atoms with Gasteiger partial charge in [0.1, 0.15) is 5.75 Å². The minimum Gasteiger partial charge on any atom is -0.497 e. The van der Waals surface area contributed by atoms with Crippen molar-refractivity contribution in [1.82, 2.24) is 10.6 Å². The van der Waals surface area contributed by atoms with Crippen LogP contribution >= 0.6 is 24.0 Å². The third kappa shape index (κ3) is 6.90. The van der Waals surface area contributed by atoms with Crippen molar-refractivity contribution in [1.29, 1.82) is 0 Å². The van der Waals surface area contributed by atoms with Crippen LogP contribution in [0.2, 0.25) is 0 Å². The lowest BCUT2D eigenvalue weighted by Gasteiger charge is -2.16. The zero-order chi connectivity index (χ0) is 20.5. The first-order chi connectivity index (χ1) is 14.2. The molecule has 2 N–H and O–H groups in total. The number of guanidine groups is 1. The molecule has 30 heavy (non-hydrogen) atoms. The number of ether oxygens (including phenoxy) is 1. The van der Waals surface area contributed by atoms with Crippen LogP contribution in [0.25, 0.3) is 0 Å². The number of aliphatic imine (C=N–C) groups is 1. The molecule has 1 aliphatic heterocycles. The molecule has 2 aromatic rings. The van der Waals surface area contributed by atoms with Crippen LogP contribution in [0.15, 0.2) is 53.5 Å². The van der Waals surface area contributed by atoms with E-state index in [2.05, 4.69) is 39.9 Å². The third-order valence-electron chi connectivity index (χ3n) is 5.07. The molecule has 162 valence electrons. The summed E-state index contributed by atoms with van der Waals surface area (Å²) in [6.07, 6.45) is 3.59. The van der Waals surface area contributed by atoms with Gasteiger partial charge in [0.15, 0.2) is 5.96 Å². The van der Waals surface area contributed by atoms with Crippen molar-refractivity contribution in [2.75, 3.05) is 32.1 Å². The molecule has 0 spiro atoms. The van der Waals surface area contributed by atoms with E-state index in [4.69, 9.17) is 4.74 Å². The molecule has 0 bridgehead atoms. The molecule has 0 aromatic heterocycles. The number of hydrogen-bond acceptors (Lipinski definition) is 3. The van der Waals surface area contributed by atoms with E-state index in [1.165, 1.54) is 5.56 Å². The number of nitrogens with zero attached hydrogens (tertiary/aromatic N) is 2. The molecule has 7 heteroatoms. The lowest BCUT2D eigenvalue weighted by Crippen LogP contribution is -2.37. The summed E-state index contributed by atoms with van der Waals surface area (Å²) in [7, 11) is 3.47. The first-order valence-corrected chi connectivity index (χ1v) is 10.2. The number of nitrogens with one attached hydrogen (secondary N) is 2. The van der Waals surface area contributed by atoms with Crippen molar-refractivity contribution >= 4 is 41.5 Å². The van der Waals surface area contributed by atoms with E-state index in [0.717, 1.165) is 55.3 Å². The van der Waals surface area contributed by atoms with Gasteiger partial charge >= 0.3 is 0 Å². The number of amides is 1. The highest BCUT2D eigenvalue weighted by Gasteiger charge is 2.21. The Hall–Kier alpha value is -2.29. The molecule has 1 aliphatic rings. The van der Waals surface area contributed by atoms with Gasteiger partial charge in [-0.25, -0.2) is 0 Å². The highest BCUT2D eigenvalue weighted by atomic mass is 127. The van der Waals surface area contributed by atoms with Crippen molar-refractivity contribution in [3.8, 4) is 5.75 Å². The molecule has 0 atom stereocenters. The Labute approximate surface area is 196 Å². The fraction of sp³-hybridized carbons (Fsp3) is 0.391. The van der Waals surface area contributed by atoms with E-state index in [9.17, 15) is 4.79 Å². The maximum atomic E-state index is 11.8. The Bertz CT molecular complexity index is 839. The van der Waals surface area contributed by atoms with Crippen molar-refractivity contribution in [3.63, 3.8) is 0 Å². The predicted molar refractivity (Wildman–Crippen MR) is 133 cm³/mol. The van der Waals surface area contributed by atoms with E-state index in [1.807, 2.05) is 29.2 Å². The molecule has 0 aliphatic carbocycles. The minimum atomic E-state index is 0. The fourth-order valence-electron chi connectivity index (χ4n) is 3.45. The zero-order valence-corrected chi connectivity index (χ0v) is 20.0. The molecular formula is C23H31IN4O2. The first kappa shape index (κ1) is 24.0. The van der Waals surface area contributed by atoms with Crippen molar-refractivity contribution in [3.05, 3.63) is 59.7 Å². The van der Waals surface area contributed by atoms with E-state index in [-0.39, 0.29) is 29.9 Å². The van der Waals surface area contributed by atoms with Crippen molar-refractivity contribution in [2.45, 2.75) is 32.2 Å². The molecule has 2 aromatic carbocycles. The molecule has 1 saturated heterocycles. The number of methoxy groups -OCH3 is 1. The topological polar surface area (TPSA) is 66.0 Å².